The number of nitrogens with two attached hydrogens (primary N) is 1. The summed E-state index contributed by atoms with van der Waals surface area (Å²) < 4.78 is 7.00. The van der Waals surface area contributed by atoms with E-state index in [2.05, 4.69) is 0 Å². The lowest BCUT2D eigenvalue weighted by Gasteiger charge is -2.16. The van der Waals surface area contributed by atoms with Gasteiger partial charge in [-0.05, 0) is 19.4 Å². The summed E-state index contributed by atoms with van der Waals surface area (Å²) in [5.41, 5.74) is 7.27. The molecule has 0 aromatic carbocycles. The molecule has 4 heteroatoms. The van der Waals surface area contributed by atoms with Gasteiger partial charge >= 0.3 is 0 Å². The molecule has 76 valence electrons. The number of hydrogen-bond acceptors (Lipinski definition) is 3. The van der Waals surface area contributed by atoms with Crippen molar-refractivity contribution in [1.82, 2.24) is 4.57 Å². The number of hydrogen-bond donors (Lipinski definition) is 1. The Morgan fingerprint density at radius 2 is 2.36 bits per heavy atom. The Kier molecular flexibility index (Phi) is 2.29. The van der Waals surface area contributed by atoms with Crippen molar-refractivity contribution >= 4 is 5.69 Å². The SMILES string of the molecule is Cc1c(N)ccc(=O)n1C1CCOC1. The normalized spacial score (nSPS) is 21.4. The molecular formula is C10H14N2O2. The minimum absolute atomic E-state index is 0.00667. The van der Waals surface area contributed by atoms with E-state index >= 15 is 0 Å². The molecule has 2 N–H and O–H groups in total. The van der Waals surface area contributed by atoms with Crippen LogP contribution in [0.15, 0.2) is 16.9 Å². The van der Waals surface area contributed by atoms with Gasteiger partial charge in [0, 0.05) is 18.4 Å². The van der Waals surface area contributed by atoms with E-state index in [1.807, 2.05) is 6.92 Å². The second-order valence-corrected chi connectivity index (χ2v) is 3.60. The summed E-state index contributed by atoms with van der Waals surface area (Å²) in [5.74, 6) is 0. The molecule has 14 heavy (non-hydrogen) atoms. The van der Waals surface area contributed by atoms with E-state index in [1.54, 1.807) is 10.6 Å². The van der Waals surface area contributed by atoms with Crippen molar-refractivity contribution in [3.05, 3.63) is 28.2 Å². The molecule has 1 unspecified atom stereocenters. The Bertz CT molecular complexity index is 392. The molecule has 1 aromatic rings. The van der Waals surface area contributed by atoms with Gasteiger partial charge in [0.15, 0.2) is 0 Å². The first-order valence-corrected chi connectivity index (χ1v) is 4.75. The third kappa shape index (κ3) is 1.42. The minimum atomic E-state index is 0.00667. The second-order valence-electron chi connectivity index (χ2n) is 3.60. The zero-order chi connectivity index (χ0) is 10.1. The van der Waals surface area contributed by atoms with Gasteiger partial charge in [0.05, 0.1) is 18.3 Å². The minimum Gasteiger partial charge on any atom is -0.397 e. The van der Waals surface area contributed by atoms with Gasteiger partial charge in [-0.2, -0.15) is 0 Å². The zero-order valence-electron chi connectivity index (χ0n) is 8.19. The maximum Gasteiger partial charge on any atom is 0.251 e. The number of aromatic nitrogens is 1. The Morgan fingerprint density at radius 1 is 1.57 bits per heavy atom. The molecule has 1 saturated heterocycles. The lowest BCUT2D eigenvalue weighted by atomic mass is 10.2. The van der Waals surface area contributed by atoms with Crippen LogP contribution in [-0.2, 0) is 4.74 Å². The van der Waals surface area contributed by atoms with Crippen molar-refractivity contribution in [3.63, 3.8) is 0 Å². The van der Waals surface area contributed by atoms with Crippen LogP contribution in [0.25, 0.3) is 0 Å². The first-order valence-electron chi connectivity index (χ1n) is 4.75. The fraction of sp³-hybridized carbons (Fsp3) is 0.500. The first-order chi connectivity index (χ1) is 6.70. The maximum absolute atomic E-state index is 11.6. The van der Waals surface area contributed by atoms with Crippen molar-refractivity contribution in [2.75, 3.05) is 18.9 Å². The van der Waals surface area contributed by atoms with Gasteiger partial charge in [-0.15, -0.1) is 0 Å². The zero-order valence-corrected chi connectivity index (χ0v) is 8.19. The maximum atomic E-state index is 11.6. The molecule has 1 fully saturated rings. The highest BCUT2D eigenvalue weighted by atomic mass is 16.5. The highest BCUT2D eigenvalue weighted by molar-refractivity contribution is 5.42. The van der Waals surface area contributed by atoms with E-state index in [0.29, 0.717) is 12.3 Å². The van der Waals surface area contributed by atoms with Gasteiger partial charge in [0.25, 0.3) is 5.56 Å². The van der Waals surface area contributed by atoms with Crippen molar-refractivity contribution in [3.8, 4) is 0 Å². The molecule has 0 saturated carbocycles. The van der Waals surface area contributed by atoms with Gasteiger partial charge in [-0.1, -0.05) is 0 Å². The third-order valence-electron chi connectivity index (χ3n) is 2.69. The number of nitrogen functional groups attached to an aromatic ring is 1. The van der Waals surface area contributed by atoms with Crippen LogP contribution in [0, 0.1) is 6.92 Å². The van der Waals surface area contributed by atoms with Gasteiger partial charge in [-0.3, -0.25) is 4.79 Å². The van der Waals surface area contributed by atoms with Gasteiger partial charge in [-0.25, -0.2) is 0 Å². The van der Waals surface area contributed by atoms with Crippen LogP contribution < -0.4 is 11.3 Å². The molecule has 0 radical (unpaired) electrons. The van der Waals surface area contributed by atoms with E-state index < -0.39 is 0 Å². The molecule has 0 bridgehead atoms. The number of anilines is 1. The predicted octanol–water partition coefficient (Wildman–Crippen LogP) is 0.700. The monoisotopic (exact) mass is 194 g/mol. The number of pyridine rings is 1. The van der Waals surface area contributed by atoms with E-state index in [-0.39, 0.29) is 11.6 Å². The Balaban J connectivity index is 2.49. The molecule has 1 aliphatic heterocycles. The van der Waals surface area contributed by atoms with Gasteiger partial charge in [0.2, 0.25) is 0 Å². The lowest BCUT2D eigenvalue weighted by molar-refractivity contribution is 0.185. The number of nitrogens with zero attached hydrogens (tertiary/aromatic N) is 1. The Labute approximate surface area is 82.3 Å². The highest BCUT2D eigenvalue weighted by Crippen LogP contribution is 2.20. The van der Waals surface area contributed by atoms with Crippen molar-refractivity contribution < 1.29 is 4.74 Å². The van der Waals surface area contributed by atoms with E-state index in [1.165, 1.54) is 6.07 Å². The topological polar surface area (TPSA) is 57.2 Å². The summed E-state index contributed by atoms with van der Waals surface area (Å²) in [6, 6.07) is 3.33. The lowest BCUT2D eigenvalue weighted by Crippen LogP contribution is -2.27. The fourth-order valence-electron chi connectivity index (χ4n) is 1.85. The van der Waals surface area contributed by atoms with Crippen molar-refractivity contribution in [2.24, 2.45) is 0 Å². The van der Waals surface area contributed by atoms with Crippen LogP contribution in [-0.4, -0.2) is 17.8 Å². The molecule has 2 rings (SSSR count). The summed E-state index contributed by atoms with van der Waals surface area (Å²) in [6.07, 6.45) is 0.893. The summed E-state index contributed by atoms with van der Waals surface area (Å²) in [4.78, 5) is 11.6. The standard InChI is InChI=1S/C10H14N2O2/c1-7-9(11)2-3-10(13)12(7)8-4-5-14-6-8/h2-3,8H,4-6,11H2,1H3. The number of rotatable bonds is 1. The van der Waals surface area contributed by atoms with Crippen molar-refractivity contribution in [1.29, 1.82) is 0 Å². The quantitative estimate of drug-likeness (QED) is 0.716. The molecule has 0 aliphatic carbocycles. The van der Waals surface area contributed by atoms with Crippen LogP contribution in [0.1, 0.15) is 18.2 Å². The highest BCUT2D eigenvalue weighted by Gasteiger charge is 2.20. The largest absolute Gasteiger partial charge is 0.397 e. The molecular weight excluding hydrogens is 180 g/mol. The Morgan fingerprint density at radius 3 is 3.00 bits per heavy atom. The van der Waals surface area contributed by atoms with Crippen LogP contribution in [0.5, 0.6) is 0 Å². The Hall–Kier alpha value is -1.29. The fourth-order valence-corrected chi connectivity index (χ4v) is 1.85. The smallest absolute Gasteiger partial charge is 0.251 e. The van der Waals surface area contributed by atoms with Crippen molar-refractivity contribution in [2.45, 2.75) is 19.4 Å². The van der Waals surface area contributed by atoms with Crippen LogP contribution >= 0.6 is 0 Å². The average molecular weight is 194 g/mol. The average Bonchev–Trinajstić information content (AvgIpc) is 2.65. The first kappa shape index (κ1) is 9.27. The molecule has 1 aliphatic rings. The van der Waals surface area contributed by atoms with E-state index in [4.69, 9.17) is 10.5 Å². The predicted molar refractivity (Wildman–Crippen MR) is 54.3 cm³/mol. The van der Waals surface area contributed by atoms with Crippen LogP contribution in [0.2, 0.25) is 0 Å². The van der Waals surface area contributed by atoms with E-state index in [0.717, 1.165) is 18.7 Å². The number of ether oxygens (including phenoxy) is 1. The van der Waals surface area contributed by atoms with Crippen LogP contribution in [0.3, 0.4) is 0 Å². The molecule has 1 atom stereocenters. The summed E-state index contributed by atoms with van der Waals surface area (Å²) >= 11 is 0. The summed E-state index contributed by atoms with van der Waals surface area (Å²) in [5, 5.41) is 0. The van der Waals surface area contributed by atoms with Crippen LogP contribution in [0.4, 0.5) is 5.69 Å². The molecule has 2 heterocycles. The van der Waals surface area contributed by atoms with E-state index in [9.17, 15) is 4.79 Å². The van der Waals surface area contributed by atoms with Gasteiger partial charge < -0.3 is 15.0 Å². The van der Waals surface area contributed by atoms with Gasteiger partial charge in [0.1, 0.15) is 0 Å². The molecule has 4 nitrogen and oxygen atoms in total. The molecule has 0 spiro atoms. The second kappa shape index (κ2) is 3.46. The summed E-state index contributed by atoms with van der Waals surface area (Å²) in [6.45, 7) is 3.21. The third-order valence-corrected chi connectivity index (χ3v) is 2.69. The summed E-state index contributed by atoms with van der Waals surface area (Å²) in [7, 11) is 0. The molecule has 1 aromatic heterocycles. The molecule has 0 amide bonds.